The van der Waals surface area contributed by atoms with Crippen LogP contribution in [-0.4, -0.2) is 18.2 Å². The average Bonchev–Trinajstić information content (AvgIpc) is 2.85. The smallest absolute Gasteiger partial charge is 0.145 e. The van der Waals surface area contributed by atoms with Crippen LogP contribution in [0, 0.1) is 0 Å². The number of nitrogens with zero attached hydrogens (tertiary/aromatic N) is 1. The van der Waals surface area contributed by atoms with E-state index in [0.29, 0.717) is 0 Å². The summed E-state index contributed by atoms with van der Waals surface area (Å²) < 4.78 is 12.8. The average molecular weight is 285 g/mol. The van der Waals surface area contributed by atoms with Crippen molar-refractivity contribution in [3.63, 3.8) is 0 Å². The minimum Gasteiger partial charge on any atom is -0.497 e. The minimum atomic E-state index is 0.832. The first-order valence-corrected chi connectivity index (χ1v) is 7.05. The van der Waals surface area contributed by atoms with Crippen LogP contribution in [0.1, 0.15) is 0 Å². The molecule has 0 radical (unpaired) electrons. The lowest BCUT2D eigenvalue weighted by Gasteiger charge is -2.04. The summed E-state index contributed by atoms with van der Waals surface area (Å²) in [6, 6.07) is 16.3. The number of methoxy groups -OCH3 is 2. The molecule has 0 unspecified atom stereocenters. The number of aromatic nitrogens is 1. The Morgan fingerprint density at radius 2 is 1.75 bits per heavy atom. The first-order chi connectivity index (χ1) is 9.81. The Kier molecular flexibility index (Phi) is 3.56. The van der Waals surface area contributed by atoms with Gasteiger partial charge in [0.05, 0.1) is 25.9 Å². The van der Waals surface area contributed by atoms with Gasteiger partial charge in [-0.2, -0.15) is 0 Å². The van der Waals surface area contributed by atoms with E-state index in [1.165, 1.54) is 4.90 Å². The van der Waals surface area contributed by atoms with Crippen molar-refractivity contribution in [2.24, 2.45) is 0 Å². The van der Waals surface area contributed by atoms with E-state index < -0.39 is 0 Å². The molecular weight excluding hydrogens is 270 g/mol. The Bertz CT molecular complexity index is 722. The highest BCUT2D eigenvalue weighted by atomic mass is 32.2. The fourth-order valence-electron chi connectivity index (χ4n) is 2.11. The van der Waals surface area contributed by atoms with Gasteiger partial charge in [0, 0.05) is 10.3 Å². The molecular formula is C16H15NO2S. The summed E-state index contributed by atoms with van der Waals surface area (Å²) >= 11 is 1.66. The monoisotopic (exact) mass is 285 g/mol. The quantitative estimate of drug-likeness (QED) is 0.717. The standard InChI is InChI=1S/C16H15NO2S/c1-18-12-8-9-15-14(10-12)16(19-2)11-17(15)20-13-6-4-3-5-7-13/h3-11H,1-2H3. The predicted octanol–water partition coefficient (Wildman–Crippen LogP) is 4.21. The molecule has 0 N–H and O–H groups in total. The highest BCUT2D eigenvalue weighted by Gasteiger charge is 2.11. The number of fused-ring (bicyclic) bond motifs is 1. The topological polar surface area (TPSA) is 23.4 Å². The second kappa shape index (κ2) is 5.51. The molecule has 102 valence electrons. The van der Waals surface area contributed by atoms with Crippen molar-refractivity contribution in [2.45, 2.75) is 4.90 Å². The van der Waals surface area contributed by atoms with Crippen molar-refractivity contribution >= 4 is 22.9 Å². The van der Waals surface area contributed by atoms with Crippen LogP contribution in [0.2, 0.25) is 0 Å². The highest BCUT2D eigenvalue weighted by Crippen LogP contribution is 2.35. The third kappa shape index (κ3) is 2.34. The van der Waals surface area contributed by atoms with Gasteiger partial charge in [0.1, 0.15) is 11.5 Å². The largest absolute Gasteiger partial charge is 0.497 e. The van der Waals surface area contributed by atoms with Crippen molar-refractivity contribution in [1.82, 2.24) is 3.97 Å². The van der Waals surface area contributed by atoms with Crippen LogP contribution >= 0.6 is 11.9 Å². The summed E-state index contributed by atoms with van der Waals surface area (Å²) in [6.45, 7) is 0. The molecule has 0 fully saturated rings. The van der Waals surface area contributed by atoms with Gasteiger partial charge in [0.2, 0.25) is 0 Å². The third-order valence-corrected chi connectivity index (χ3v) is 4.09. The Balaban J connectivity index is 2.07. The Morgan fingerprint density at radius 3 is 2.45 bits per heavy atom. The molecule has 3 nitrogen and oxygen atoms in total. The number of hydrogen-bond donors (Lipinski definition) is 0. The molecule has 0 saturated carbocycles. The van der Waals surface area contributed by atoms with Crippen LogP contribution in [0.25, 0.3) is 10.9 Å². The lowest BCUT2D eigenvalue weighted by Crippen LogP contribution is -1.85. The molecule has 0 bridgehead atoms. The van der Waals surface area contributed by atoms with E-state index in [4.69, 9.17) is 9.47 Å². The van der Waals surface area contributed by atoms with Gasteiger partial charge in [0.25, 0.3) is 0 Å². The summed E-state index contributed by atoms with van der Waals surface area (Å²) in [5, 5.41) is 1.05. The van der Waals surface area contributed by atoms with Crippen molar-refractivity contribution in [3.8, 4) is 11.5 Å². The van der Waals surface area contributed by atoms with Gasteiger partial charge in [-0.1, -0.05) is 18.2 Å². The maximum atomic E-state index is 5.46. The van der Waals surface area contributed by atoms with Gasteiger partial charge in [-0.25, -0.2) is 0 Å². The summed E-state index contributed by atoms with van der Waals surface area (Å²) in [5.41, 5.74) is 1.11. The molecule has 20 heavy (non-hydrogen) atoms. The summed E-state index contributed by atoms with van der Waals surface area (Å²) in [4.78, 5) is 1.18. The first-order valence-electron chi connectivity index (χ1n) is 6.28. The van der Waals surface area contributed by atoms with E-state index in [1.54, 1.807) is 26.2 Å². The van der Waals surface area contributed by atoms with Gasteiger partial charge < -0.3 is 9.47 Å². The zero-order valence-electron chi connectivity index (χ0n) is 11.4. The van der Waals surface area contributed by atoms with Crippen molar-refractivity contribution in [2.75, 3.05) is 14.2 Å². The van der Waals surface area contributed by atoms with Crippen LogP contribution in [0.3, 0.4) is 0 Å². The van der Waals surface area contributed by atoms with E-state index in [0.717, 1.165) is 22.4 Å². The number of rotatable bonds is 4. The Morgan fingerprint density at radius 1 is 0.950 bits per heavy atom. The van der Waals surface area contributed by atoms with E-state index >= 15 is 0 Å². The highest BCUT2D eigenvalue weighted by molar-refractivity contribution is 7.98. The SMILES string of the molecule is COc1ccc2c(c1)c(OC)cn2Sc1ccccc1. The molecule has 0 saturated heterocycles. The molecule has 1 heterocycles. The Hall–Kier alpha value is -2.07. The molecule has 3 aromatic rings. The van der Waals surface area contributed by atoms with Crippen LogP contribution in [0.5, 0.6) is 11.5 Å². The predicted molar refractivity (Wildman–Crippen MR) is 82.7 cm³/mol. The van der Waals surface area contributed by atoms with E-state index in [2.05, 4.69) is 16.1 Å². The molecule has 0 atom stereocenters. The molecule has 3 rings (SSSR count). The fourth-order valence-corrected chi connectivity index (χ4v) is 3.02. The van der Waals surface area contributed by atoms with Crippen LogP contribution in [0.15, 0.2) is 59.6 Å². The lowest BCUT2D eigenvalue weighted by atomic mass is 10.2. The molecule has 0 aliphatic heterocycles. The molecule has 0 aliphatic carbocycles. The van der Waals surface area contributed by atoms with Gasteiger partial charge in [-0.15, -0.1) is 0 Å². The zero-order valence-corrected chi connectivity index (χ0v) is 12.2. The maximum Gasteiger partial charge on any atom is 0.145 e. The maximum absolute atomic E-state index is 5.46. The number of benzene rings is 2. The van der Waals surface area contributed by atoms with Crippen molar-refractivity contribution in [3.05, 3.63) is 54.7 Å². The second-order valence-corrected chi connectivity index (χ2v) is 5.36. The first kappa shape index (κ1) is 12.9. The zero-order chi connectivity index (χ0) is 13.9. The fraction of sp³-hybridized carbons (Fsp3) is 0.125. The van der Waals surface area contributed by atoms with E-state index in [-0.39, 0.29) is 0 Å². The Labute approximate surface area is 122 Å². The van der Waals surface area contributed by atoms with Gasteiger partial charge in [-0.05, 0) is 42.3 Å². The lowest BCUT2D eigenvalue weighted by molar-refractivity contribution is 0.412. The molecule has 2 aromatic carbocycles. The normalized spacial score (nSPS) is 10.7. The molecule has 0 amide bonds. The van der Waals surface area contributed by atoms with Crippen molar-refractivity contribution < 1.29 is 9.47 Å². The van der Waals surface area contributed by atoms with Gasteiger partial charge in [0.15, 0.2) is 0 Å². The van der Waals surface area contributed by atoms with Crippen molar-refractivity contribution in [1.29, 1.82) is 0 Å². The summed E-state index contributed by atoms with van der Waals surface area (Å²) in [7, 11) is 3.36. The number of ether oxygens (including phenoxy) is 2. The summed E-state index contributed by atoms with van der Waals surface area (Å²) in [6.07, 6.45) is 2.00. The molecule has 4 heteroatoms. The van der Waals surface area contributed by atoms with Crippen LogP contribution in [-0.2, 0) is 0 Å². The van der Waals surface area contributed by atoms with E-state index in [9.17, 15) is 0 Å². The molecule has 0 spiro atoms. The molecule has 1 aromatic heterocycles. The van der Waals surface area contributed by atoms with E-state index in [1.807, 2.05) is 42.6 Å². The van der Waals surface area contributed by atoms with Gasteiger partial charge in [-0.3, -0.25) is 3.97 Å². The van der Waals surface area contributed by atoms with Crippen LogP contribution in [0.4, 0.5) is 0 Å². The van der Waals surface area contributed by atoms with Crippen LogP contribution < -0.4 is 9.47 Å². The minimum absolute atomic E-state index is 0.832. The van der Waals surface area contributed by atoms with Gasteiger partial charge >= 0.3 is 0 Å². The molecule has 0 aliphatic rings. The summed E-state index contributed by atoms with van der Waals surface area (Å²) in [5.74, 6) is 1.68. The third-order valence-electron chi connectivity index (χ3n) is 3.11. The number of hydrogen-bond acceptors (Lipinski definition) is 3. The second-order valence-electron chi connectivity index (χ2n) is 4.31.